The molecule has 2 N–H and O–H groups in total. The SMILES string of the molecule is O=C(O)c1ccc(NC(=O)c2nc3ccccc3nc2Oc2ccc(I)c(F)c2)cn1. The Labute approximate surface area is 188 Å². The molecular weight excluding hydrogens is 518 g/mol. The van der Waals surface area contributed by atoms with Gasteiger partial charge in [0.2, 0.25) is 0 Å². The highest BCUT2D eigenvalue weighted by Crippen LogP contribution is 2.27. The van der Waals surface area contributed by atoms with E-state index in [1.54, 1.807) is 30.3 Å². The lowest BCUT2D eigenvalue weighted by molar-refractivity contribution is 0.0690. The molecule has 2 aromatic heterocycles. The molecule has 31 heavy (non-hydrogen) atoms. The number of carbonyl (C=O) groups is 2. The first kappa shape index (κ1) is 20.6. The van der Waals surface area contributed by atoms with Crippen molar-refractivity contribution in [1.29, 1.82) is 0 Å². The predicted octanol–water partition coefficient (Wildman–Crippen LogP) is 4.51. The van der Waals surface area contributed by atoms with Crippen molar-refractivity contribution >= 4 is 51.2 Å². The molecule has 0 saturated carbocycles. The van der Waals surface area contributed by atoms with E-state index in [0.29, 0.717) is 14.6 Å². The Bertz CT molecular complexity index is 1310. The summed E-state index contributed by atoms with van der Waals surface area (Å²) >= 11 is 1.85. The Kier molecular flexibility index (Phi) is 5.71. The molecule has 0 aliphatic heterocycles. The summed E-state index contributed by atoms with van der Waals surface area (Å²) in [6.45, 7) is 0. The van der Waals surface area contributed by atoms with Crippen molar-refractivity contribution in [2.75, 3.05) is 5.32 Å². The second kappa shape index (κ2) is 8.60. The average molecular weight is 530 g/mol. The van der Waals surface area contributed by atoms with Gasteiger partial charge < -0.3 is 15.2 Å². The van der Waals surface area contributed by atoms with Crippen molar-refractivity contribution in [3.05, 3.63) is 81.6 Å². The highest BCUT2D eigenvalue weighted by atomic mass is 127. The number of rotatable bonds is 5. The van der Waals surface area contributed by atoms with Crippen molar-refractivity contribution < 1.29 is 23.8 Å². The smallest absolute Gasteiger partial charge is 0.354 e. The highest BCUT2D eigenvalue weighted by Gasteiger charge is 2.20. The molecule has 154 valence electrons. The Hall–Kier alpha value is -3.67. The second-order valence-electron chi connectivity index (χ2n) is 6.24. The Morgan fingerprint density at radius 1 is 1.03 bits per heavy atom. The Morgan fingerprint density at radius 2 is 1.77 bits per heavy atom. The van der Waals surface area contributed by atoms with Crippen LogP contribution in [0.5, 0.6) is 11.6 Å². The van der Waals surface area contributed by atoms with Crippen LogP contribution in [0.1, 0.15) is 21.0 Å². The number of pyridine rings is 1. The molecule has 1 amide bonds. The maximum Gasteiger partial charge on any atom is 0.354 e. The summed E-state index contributed by atoms with van der Waals surface area (Å²) in [4.78, 5) is 36.3. The van der Waals surface area contributed by atoms with E-state index in [2.05, 4.69) is 20.3 Å². The van der Waals surface area contributed by atoms with Gasteiger partial charge in [-0.05, 0) is 59.0 Å². The number of amides is 1. The number of hydrogen-bond donors (Lipinski definition) is 2. The zero-order valence-electron chi connectivity index (χ0n) is 15.5. The standard InChI is InChI=1S/C21H12FIN4O4/c22-13-9-12(6-7-14(13)23)31-20-18(26-15-3-1-2-4-16(15)27-20)19(28)25-11-5-8-17(21(29)30)24-10-11/h1-10H,(H,25,28)(H,29,30). The van der Waals surface area contributed by atoms with Gasteiger partial charge in [-0.25, -0.2) is 24.1 Å². The average Bonchev–Trinajstić information content (AvgIpc) is 2.76. The number of carbonyl (C=O) groups excluding carboxylic acids is 1. The molecule has 8 nitrogen and oxygen atoms in total. The zero-order valence-corrected chi connectivity index (χ0v) is 17.7. The monoisotopic (exact) mass is 530 g/mol. The first-order valence-corrected chi connectivity index (χ1v) is 9.89. The predicted molar refractivity (Wildman–Crippen MR) is 118 cm³/mol. The first-order chi connectivity index (χ1) is 14.9. The van der Waals surface area contributed by atoms with Gasteiger partial charge in [-0.15, -0.1) is 0 Å². The number of para-hydroxylation sites is 2. The largest absolute Gasteiger partial charge is 0.477 e. The number of benzene rings is 2. The lowest BCUT2D eigenvalue weighted by Gasteiger charge is -2.11. The van der Waals surface area contributed by atoms with Crippen LogP contribution in [0.2, 0.25) is 0 Å². The fourth-order valence-electron chi connectivity index (χ4n) is 2.64. The van der Waals surface area contributed by atoms with Crippen LogP contribution in [0, 0.1) is 9.39 Å². The number of ether oxygens (including phenoxy) is 1. The molecule has 0 unspecified atom stereocenters. The van der Waals surface area contributed by atoms with E-state index in [0.717, 1.165) is 0 Å². The number of nitrogens with one attached hydrogen (secondary N) is 1. The molecule has 4 aromatic rings. The Morgan fingerprint density at radius 3 is 2.42 bits per heavy atom. The zero-order chi connectivity index (χ0) is 22.0. The summed E-state index contributed by atoms with van der Waals surface area (Å²) in [5, 5.41) is 11.5. The quantitative estimate of drug-likeness (QED) is 0.365. The number of fused-ring (bicyclic) bond motifs is 1. The third-order valence-electron chi connectivity index (χ3n) is 4.10. The van der Waals surface area contributed by atoms with Crippen LogP contribution in [-0.2, 0) is 0 Å². The minimum absolute atomic E-state index is 0.105. The summed E-state index contributed by atoms with van der Waals surface area (Å²) in [6, 6.07) is 13.9. The molecule has 0 fully saturated rings. The molecule has 0 bridgehead atoms. The first-order valence-electron chi connectivity index (χ1n) is 8.81. The van der Waals surface area contributed by atoms with Crippen molar-refractivity contribution in [2.45, 2.75) is 0 Å². The van der Waals surface area contributed by atoms with Gasteiger partial charge in [0.05, 0.1) is 22.9 Å². The fraction of sp³-hybridized carbons (Fsp3) is 0. The summed E-state index contributed by atoms with van der Waals surface area (Å²) in [5.41, 5.74) is 0.935. The van der Waals surface area contributed by atoms with Crippen LogP contribution in [0.4, 0.5) is 10.1 Å². The molecule has 2 aromatic carbocycles. The maximum atomic E-state index is 13.9. The van der Waals surface area contributed by atoms with E-state index in [-0.39, 0.29) is 28.7 Å². The number of hydrogen-bond acceptors (Lipinski definition) is 6. The highest BCUT2D eigenvalue weighted by molar-refractivity contribution is 14.1. The van der Waals surface area contributed by atoms with Crippen molar-refractivity contribution in [1.82, 2.24) is 15.0 Å². The van der Waals surface area contributed by atoms with Crippen LogP contribution in [0.25, 0.3) is 11.0 Å². The minimum Gasteiger partial charge on any atom is -0.477 e. The van der Waals surface area contributed by atoms with Gasteiger partial charge in [0.15, 0.2) is 5.69 Å². The number of carboxylic acid groups (broad SMARTS) is 1. The summed E-state index contributed by atoms with van der Waals surface area (Å²) in [6.07, 6.45) is 1.21. The van der Waals surface area contributed by atoms with E-state index in [1.807, 2.05) is 22.6 Å². The number of halogens is 2. The van der Waals surface area contributed by atoms with Gasteiger partial charge in [-0.3, -0.25) is 4.79 Å². The van der Waals surface area contributed by atoms with Crippen LogP contribution in [0.15, 0.2) is 60.8 Å². The van der Waals surface area contributed by atoms with Gasteiger partial charge in [0.1, 0.15) is 17.3 Å². The number of anilines is 1. The Balaban J connectivity index is 1.70. The third kappa shape index (κ3) is 4.58. The lowest BCUT2D eigenvalue weighted by atomic mass is 10.2. The van der Waals surface area contributed by atoms with Gasteiger partial charge in [-0.1, -0.05) is 12.1 Å². The number of aromatic carboxylic acids is 1. The van der Waals surface area contributed by atoms with Crippen LogP contribution >= 0.6 is 22.6 Å². The van der Waals surface area contributed by atoms with E-state index in [4.69, 9.17) is 9.84 Å². The summed E-state index contributed by atoms with van der Waals surface area (Å²) in [7, 11) is 0. The van der Waals surface area contributed by atoms with Gasteiger partial charge >= 0.3 is 5.97 Å². The molecule has 0 saturated heterocycles. The molecule has 0 aliphatic rings. The topological polar surface area (TPSA) is 114 Å². The van der Waals surface area contributed by atoms with E-state index < -0.39 is 17.7 Å². The van der Waals surface area contributed by atoms with Gasteiger partial charge in [-0.2, -0.15) is 0 Å². The lowest BCUT2D eigenvalue weighted by Crippen LogP contribution is -2.16. The van der Waals surface area contributed by atoms with Crippen LogP contribution in [0.3, 0.4) is 0 Å². The van der Waals surface area contributed by atoms with Crippen molar-refractivity contribution in [3.8, 4) is 11.6 Å². The fourth-order valence-corrected chi connectivity index (χ4v) is 2.98. The molecule has 0 aliphatic carbocycles. The molecule has 2 heterocycles. The number of aromatic nitrogens is 3. The molecule has 0 atom stereocenters. The summed E-state index contributed by atoms with van der Waals surface area (Å²) < 4.78 is 20.0. The van der Waals surface area contributed by atoms with E-state index >= 15 is 0 Å². The van der Waals surface area contributed by atoms with Crippen molar-refractivity contribution in [3.63, 3.8) is 0 Å². The van der Waals surface area contributed by atoms with Gasteiger partial charge in [0, 0.05) is 9.64 Å². The van der Waals surface area contributed by atoms with E-state index in [9.17, 15) is 14.0 Å². The summed E-state index contributed by atoms with van der Waals surface area (Å²) in [5.74, 6) is -2.25. The molecule has 0 radical (unpaired) electrons. The number of nitrogens with zero attached hydrogens (tertiary/aromatic N) is 3. The normalized spacial score (nSPS) is 10.6. The van der Waals surface area contributed by atoms with Crippen LogP contribution < -0.4 is 10.1 Å². The molecular formula is C21H12FIN4O4. The van der Waals surface area contributed by atoms with Crippen LogP contribution in [-0.4, -0.2) is 31.9 Å². The van der Waals surface area contributed by atoms with E-state index in [1.165, 1.54) is 30.5 Å². The van der Waals surface area contributed by atoms with Gasteiger partial charge in [0.25, 0.3) is 11.8 Å². The maximum absolute atomic E-state index is 13.9. The second-order valence-corrected chi connectivity index (χ2v) is 7.40. The van der Waals surface area contributed by atoms with Crippen molar-refractivity contribution in [2.24, 2.45) is 0 Å². The third-order valence-corrected chi connectivity index (χ3v) is 4.97. The number of carboxylic acids is 1. The molecule has 10 heteroatoms. The molecule has 4 rings (SSSR count). The molecule has 0 spiro atoms. The minimum atomic E-state index is -1.18.